The van der Waals surface area contributed by atoms with Crippen LogP contribution in [0.2, 0.25) is 0 Å². The lowest BCUT2D eigenvalue weighted by Gasteiger charge is -2.32. The Hall–Kier alpha value is -2.01. The van der Waals surface area contributed by atoms with Crippen molar-refractivity contribution in [3.63, 3.8) is 0 Å². The number of rotatable bonds is 5. The smallest absolute Gasteiger partial charge is 0.325 e. The minimum absolute atomic E-state index is 0.0242. The Bertz CT molecular complexity index is 654. The molecule has 1 aromatic carbocycles. The zero-order valence-electron chi connectivity index (χ0n) is 13.0. The van der Waals surface area contributed by atoms with Crippen LogP contribution in [0.4, 0.5) is 0 Å². The van der Waals surface area contributed by atoms with Crippen molar-refractivity contribution in [1.82, 2.24) is 14.5 Å². The van der Waals surface area contributed by atoms with Gasteiger partial charge in [-0.15, -0.1) is 0 Å². The monoisotopic (exact) mass is 301 g/mol. The van der Waals surface area contributed by atoms with Crippen molar-refractivity contribution in [3.8, 4) is 5.75 Å². The molecule has 1 N–H and O–H groups in total. The molecule has 1 aliphatic rings. The third-order valence-electron chi connectivity index (χ3n) is 4.55. The Labute approximate surface area is 130 Å². The Morgan fingerprint density at radius 2 is 2.00 bits per heavy atom. The fraction of sp³-hybridized carbons (Fsp3) is 0.471. The summed E-state index contributed by atoms with van der Waals surface area (Å²) in [6.45, 7) is 3.82. The van der Waals surface area contributed by atoms with E-state index in [1.54, 1.807) is 17.9 Å². The van der Waals surface area contributed by atoms with Gasteiger partial charge in [0, 0.05) is 25.5 Å². The average molecular weight is 301 g/mol. The highest BCUT2D eigenvalue weighted by molar-refractivity contribution is 5.36. The first-order valence-corrected chi connectivity index (χ1v) is 7.87. The summed E-state index contributed by atoms with van der Waals surface area (Å²) in [7, 11) is 1.74. The molecule has 0 aliphatic carbocycles. The van der Waals surface area contributed by atoms with Crippen LogP contribution < -0.4 is 10.4 Å². The van der Waals surface area contributed by atoms with E-state index in [9.17, 15) is 4.79 Å². The Morgan fingerprint density at radius 3 is 2.68 bits per heavy atom. The van der Waals surface area contributed by atoms with Crippen LogP contribution in [-0.2, 0) is 6.54 Å². The molecule has 2 heterocycles. The van der Waals surface area contributed by atoms with Gasteiger partial charge in [0.2, 0.25) is 0 Å². The van der Waals surface area contributed by atoms with Crippen molar-refractivity contribution in [2.45, 2.75) is 25.3 Å². The van der Waals surface area contributed by atoms with Crippen LogP contribution in [0.1, 0.15) is 24.3 Å². The molecule has 0 radical (unpaired) electrons. The summed E-state index contributed by atoms with van der Waals surface area (Å²) in [5.41, 5.74) is 1.30. The van der Waals surface area contributed by atoms with Crippen LogP contribution in [0.3, 0.4) is 0 Å². The fourth-order valence-corrected chi connectivity index (χ4v) is 3.25. The molecule has 22 heavy (non-hydrogen) atoms. The molecule has 0 atom stereocenters. The molecular weight excluding hydrogens is 278 g/mol. The number of nitrogens with one attached hydrogen (secondary N) is 1. The number of aromatic nitrogens is 2. The van der Waals surface area contributed by atoms with Gasteiger partial charge in [0.25, 0.3) is 0 Å². The molecule has 0 amide bonds. The summed E-state index contributed by atoms with van der Waals surface area (Å²) in [4.78, 5) is 16.6. The molecule has 118 valence electrons. The quantitative estimate of drug-likeness (QED) is 0.920. The molecule has 1 aliphatic heterocycles. The zero-order chi connectivity index (χ0) is 15.4. The van der Waals surface area contributed by atoms with Crippen molar-refractivity contribution in [1.29, 1.82) is 0 Å². The molecule has 3 rings (SSSR count). The van der Waals surface area contributed by atoms with Gasteiger partial charge >= 0.3 is 5.69 Å². The van der Waals surface area contributed by atoms with Crippen LogP contribution in [0.5, 0.6) is 5.75 Å². The van der Waals surface area contributed by atoms with E-state index in [4.69, 9.17) is 4.74 Å². The van der Waals surface area contributed by atoms with Crippen molar-refractivity contribution < 1.29 is 4.74 Å². The summed E-state index contributed by atoms with van der Waals surface area (Å²) >= 11 is 0. The number of piperidine rings is 1. The van der Waals surface area contributed by atoms with E-state index in [1.165, 1.54) is 5.56 Å². The zero-order valence-corrected chi connectivity index (χ0v) is 13.0. The predicted molar refractivity (Wildman–Crippen MR) is 86.5 cm³/mol. The number of aromatic amines is 1. The van der Waals surface area contributed by atoms with E-state index in [2.05, 4.69) is 22.0 Å². The van der Waals surface area contributed by atoms with Gasteiger partial charge in [0.1, 0.15) is 5.75 Å². The minimum atomic E-state index is -0.0242. The van der Waals surface area contributed by atoms with Gasteiger partial charge in [-0.2, -0.15) is 0 Å². The Balaban J connectivity index is 1.54. The average Bonchev–Trinajstić information content (AvgIpc) is 2.98. The van der Waals surface area contributed by atoms with Crippen LogP contribution in [0, 0.1) is 0 Å². The van der Waals surface area contributed by atoms with Gasteiger partial charge in [-0.25, -0.2) is 4.79 Å². The second-order valence-electron chi connectivity index (χ2n) is 5.82. The Morgan fingerprint density at radius 1 is 1.23 bits per heavy atom. The molecule has 0 spiro atoms. The van der Waals surface area contributed by atoms with E-state index < -0.39 is 0 Å². The maximum absolute atomic E-state index is 11.5. The lowest BCUT2D eigenvalue weighted by molar-refractivity contribution is 0.203. The topological polar surface area (TPSA) is 50.3 Å². The van der Waals surface area contributed by atoms with E-state index in [0.717, 1.165) is 44.8 Å². The van der Waals surface area contributed by atoms with Crippen LogP contribution in [0.15, 0.2) is 41.5 Å². The highest BCUT2D eigenvalue weighted by Gasteiger charge is 2.22. The van der Waals surface area contributed by atoms with Gasteiger partial charge in [0.15, 0.2) is 0 Å². The van der Waals surface area contributed by atoms with Gasteiger partial charge in [0.05, 0.1) is 7.11 Å². The van der Waals surface area contributed by atoms with Gasteiger partial charge < -0.3 is 14.6 Å². The lowest BCUT2D eigenvalue weighted by atomic mass is 9.89. The van der Waals surface area contributed by atoms with Crippen LogP contribution >= 0.6 is 0 Å². The van der Waals surface area contributed by atoms with Crippen molar-refractivity contribution in [3.05, 3.63) is 52.7 Å². The number of hydrogen-bond acceptors (Lipinski definition) is 3. The molecule has 0 unspecified atom stereocenters. The summed E-state index contributed by atoms with van der Waals surface area (Å²) < 4.78 is 7.21. The first-order valence-electron chi connectivity index (χ1n) is 7.87. The minimum Gasteiger partial charge on any atom is -0.496 e. The van der Waals surface area contributed by atoms with E-state index >= 15 is 0 Å². The molecule has 5 heteroatoms. The molecule has 5 nitrogen and oxygen atoms in total. The number of hydrogen-bond donors (Lipinski definition) is 1. The summed E-state index contributed by atoms with van der Waals surface area (Å²) in [5, 5.41) is 0. The first-order chi connectivity index (χ1) is 10.8. The fourth-order valence-electron chi connectivity index (χ4n) is 3.25. The number of nitrogens with zero attached hydrogens (tertiary/aromatic N) is 2. The second kappa shape index (κ2) is 6.83. The Kier molecular flexibility index (Phi) is 4.63. The molecule has 1 saturated heterocycles. The highest BCUT2D eigenvalue weighted by Crippen LogP contribution is 2.33. The van der Waals surface area contributed by atoms with Crippen molar-refractivity contribution >= 4 is 0 Å². The van der Waals surface area contributed by atoms with Crippen LogP contribution in [-0.4, -0.2) is 41.2 Å². The summed E-state index contributed by atoms with van der Waals surface area (Å²) in [5.74, 6) is 1.57. The lowest BCUT2D eigenvalue weighted by Crippen LogP contribution is -2.36. The summed E-state index contributed by atoms with van der Waals surface area (Å²) in [6, 6.07) is 8.33. The number of imidazole rings is 1. The molecule has 2 aromatic rings. The number of benzene rings is 1. The standard InChI is InChI=1S/C17H23N3O2/c1-22-16-5-3-2-4-15(16)14-6-9-19(10-7-14)12-13-20-11-8-18-17(20)21/h2-5,8,11,14H,6-7,9-10,12-13H2,1H3,(H,18,21). The first kappa shape index (κ1) is 14.9. The predicted octanol–water partition coefficient (Wildman–Crippen LogP) is 2.06. The normalized spacial score (nSPS) is 16.8. The maximum Gasteiger partial charge on any atom is 0.325 e. The molecular formula is C17H23N3O2. The number of H-pyrrole nitrogens is 1. The van der Waals surface area contributed by atoms with Gasteiger partial charge in [-0.3, -0.25) is 4.57 Å². The third-order valence-corrected chi connectivity index (χ3v) is 4.55. The summed E-state index contributed by atoms with van der Waals surface area (Å²) in [6.07, 6.45) is 5.78. The highest BCUT2D eigenvalue weighted by atomic mass is 16.5. The van der Waals surface area contributed by atoms with Gasteiger partial charge in [-0.05, 0) is 43.5 Å². The number of likely N-dealkylation sites (tertiary alicyclic amines) is 1. The van der Waals surface area contributed by atoms with E-state index in [-0.39, 0.29) is 5.69 Å². The number of ether oxygens (including phenoxy) is 1. The molecule has 1 fully saturated rings. The van der Waals surface area contributed by atoms with E-state index in [1.807, 2.05) is 18.3 Å². The van der Waals surface area contributed by atoms with Crippen LogP contribution in [0.25, 0.3) is 0 Å². The second-order valence-corrected chi connectivity index (χ2v) is 5.82. The van der Waals surface area contributed by atoms with E-state index in [0.29, 0.717) is 5.92 Å². The maximum atomic E-state index is 11.5. The number of para-hydroxylation sites is 1. The third kappa shape index (κ3) is 3.25. The molecule has 0 saturated carbocycles. The number of methoxy groups -OCH3 is 1. The molecule has 1 aromatic heterocycles. The van der Waals surface area contributed by atoms with Crippen molar-refractivity contribution in [2.24, 2.45) is 0 Å². The SMILES string of the molecule is COc1ccccc1C1CCN(CCn2cc[nH]c2=O)CC1. The van der Waals surface area contributed by atoms with Crippen molar-refractivity contribution in [2.75, 3.05) is 26.7 Å². The molecule has 0 bridgehead atoms. The van der Waals surface area contributed by atoms with Gasteiger partial charge in [-0.1, -0.05) is 18.2 Å². The largest absolute Gasteiger partial charge is 0.496 e.